The molecule has 0 saturated heterocycles. The van der Waals surface area contributed by atoms with Crippen LogP contribution in [0.25, 0.3) is 27.9 Å². The summed E-state index contributed by atoms with van der Waals surface area (Å²) in [4.78, 5) is 30.9. The maximum atomic E-state index is 13.5. The van der Waals surface area contributed by atoms with Crippen molar-refractivity contribution in [1.82, 2.24) is 9.38 Å². The van der Waals surface area contributed by atoms with Gasteiger partial charge in [-0.15, -0.1) is 0 Å². The van der Waals surface area contributed by atoms with Gasteiger partial charge in [-0.1, -0.05) is 54.6 Å². The monoisotopic (exact) mass is 476 g/mol. The Kier molecular flexibility index (Phi) is 6.33. The van der Waals surface area contributed by atoms with E-state index in [9.17, 15) is 9.59 Å². The van der Waals surface area contributed by atoms with Crippen molar-refractivity contribution >= 4 is 17.3 Å². The molecule has 3 aromatic carbocycles. The van der Waals surface area contributed by atoms with Crippen molar-refractivity contribution < 1.29 is 19.1 Å². The summed E-state index contributed by atoms with van der Waals surface area (Å²) in [6.45, 7) is 1.98. The van der Waals surface area contributed by atoms with Crippen molar-refractivity contribution in [2.24, 2.45) is 0 Å². The van der Waals surface area contributed by atoms with Crippen molar-refractivity contribution in [2.45, 2.75) is 6.92 Å². The van der Waals surface area contributed by atoms with Gasteiger partial charge in [-0.3, -0.25) is 9.20 Å². The number of aromatic nitrogens is 2. The van der Waals surface area contributed by atoms with Crippen molar-refractivity contribution in [3.05, 3.63) is 114 Å². The van der Waals surface area contributed by atoms with Crippen LogP contribution in [0, 0.1) is 0 Å². The molecule has 6 nitrogen and oxygen atoms in total. The Bertz CT molecular complexity index is 1540. The lowest BCUT2D eigenvalue weighted by Crippen LogP contribution is -2.05. The third-order valence-corrected chi connectivity index (χ3v) is 6.03. The highest BCUT2D eigenvalue weighted by molar-refractivity contribution is 6.11. The summed E-state index contributed by atoms with van der Waals surface area (Å²) in [6.07, 6.45) is 1.57. The topological polar surface area (TPSA) is 69.9 Å². The molecule has 5 aromatic rings. The normalized spacial score (nSPS) is 10.8. The van der Waals surface area contributed by atoms with Crippen LogP contribution < -0.4 is 4.74 Å². The van der Waals surface area contributed by atoms with E-state index in [-0.39, 0.29) is 12.4 Å². The lowest BCUT2D eigenvalue weighted by Gasteiger charge is -2.07. The second-order valence-electron chi connectivity index (χ2n) is 8.19. The fraction of sp³-hybridized carbons (Fsp3) is 0.100. The highest BCUT2D eigenvalue weighted by atomic mass is 16.5. The molecule has 0 N–H and O–H groups in total. The van der Waals surface area contributed by atoms with E-state index in [2.05, 4.69) is 4.98 Å². The molecule has 0 aliphatic carbocycles. The quantitative estimate of drug-likeness (QED) is 0.210. The molecule has 0 bridgehead atoms. The van der Waals surface area contributed by atoms with E-state index >= 15 is 0 Å². The number of esters is 1. The van der Waals surface area contributed by atoms with Gasteiger partial charge in [0.1, 0.15) is 12.1 Å². The molecule has 0 radical (unpaired) electrons. The summed E-state index contributed by atoms with van der Waals surface area (Å²) in [7, 11) is 1.61. The number of methoxy groups -OCH3 is 1. The fourth-order valence-corrected chi connectivity index (χ4v) is 4.16. The summed E-state index contributed by atoms with van der Waals surface area (Å²) < 4.78 is 12.2. The number of carbonyl (C=O) groups excluding carboxylic acids is 2. The first-order valence-electron chi connectivity index (χ1n) is 11.6. The predicted molar refractivity (Wildman–Crippen MR) is 138 cm³/mol. The Labute approximate surface area is 208 Å². The Balaban J connectivity index is 1.56. The Morgan fingerprint density at radius 1 is 0.833 bits per heavy atom. The molecule has 6 heteroatoms. The lowest BCUT2D eigenvalue weighted by atomic mass is 10.0. The predicted octanol–water partition coefficient (Wildman–Crippen LogP) is 6.08. The van der Waals surface area contributed by atoms with Crippen molar-refractivity contribution in [3.8, 4) is 28.1 Å². The molecule has 0 amide bonds. The van der Waals surface area contributed by atoms with Crippen molar-refractivity contribution in [2.75, 3.05) is 13.7 Å². The van der Waals surface area contributed by atoms with Crippen LogP contribution in [-0.4, -0.2) is 34.9 Å². The number of hydrogen-bond donors (Lipinski definition) is 0. The molecule has 2 heterocycles. The van der Waals surface area contributed by atoms with Gasteiger partial charge in [0.05, 0.1) is 36.2 Å². The first-order chi connectivity index (χ1) is 17.6. The Hall–Kier alpha value is -4.71. The number of fused-ring (bicyclic) bond motifs is 1. The van der Waals surface area contributed by atoms with Crippen LogP contribution in [0.15, 0.2) is 97.3 Å². The van der Waals surface area contributed by atoms with E-state index in [4.69, 9.17) is 9.47 Å². The molecule has 0 saturated carbocycles. The first-order valence-corrected chi connectivity index (χ1v) is 11.6. The number of benzene rings is 3. The number of carbonyl (C=O) groups is 2. The molecule has 178 valence electrons. The van der Waals surface area contributed by atoms with Crippen LogP contribution in [0.5, 0.6) is 5.75 Å². The average Bonchev–Trinajstić information content (AvgIpc) is 3.32. The van der Waals surface area contributed by atoms with Gasteiger partial charge in [-0.25, -0.2) is 9.78 Å². The largest absolute Gasteiger partial charge is 0.497 e. The lowest BCUT2D eigenvalue weighted by molar-refractivity contribution is 0.0529. The zero-order valence-electron chi connectivity index (χ0n) is 20.0. The van der Waals surface area contributed by atoms with Crippen LogP contribution in [0.1, 0.15) is 33.3 Å². The Morgan fingerprint density at radius 3 is 2.17 bits per heavy atom. The maximum absolute atomic E-state index is 13.5. The molecule has 5 rings (SSSR count). The third-order valence-electron chi connectivity index (χ3n) is 6.03. The smallest absolute Gasteiger partial charge is 0.340 e. The van der Waals surface area contributed by atoms with E-state index < -0.39 is 5.97 Å². The molecule has 0 aliphatic heterocycles. The molecule has 2 aromatic heterocycles. The highest BCUT2D eigenvalue weighted by Gasteiger charge is 2.22. The van der Waals surface area contributed by atoms with E-state index in [0.29, 0.717) is 28.0 Å². The molecular formula is C30H24N2O4. The van der Waals surface area contributed by atoms with E-state index in [1.807, 2.05) is 66.7 Å². The second-order valence-corrected chi connectivity index (χ2v) is 8.19. The van der Waals surface area contributed by atoms with Gasteiger partial charge in [0, 0.05) is 11.1 Å². The number of rotatable bonds is 7. The van der Waals surface area contributed by atoms with Crippen LogP contribution >= 0.6 is 0 Å². The van der Waals surface area contributed by atoms with Crippen LogP contribution in [0.2, 0.25) is 0 Å². The van der Waals surface area contributed by atoms with Crippen LogP contribution in [0.4, 0.5) is 0 Å². The number of nitrogens with zero attached hydrogens (tertiary/aromatic N) is 2. The molecule has 0 unspecified atom stereocenters. The molecule has 0 spiro atoms. The molecule has 0 aliphatic rings. The SMILES string of the molecule is CCOC(=O)c1cc(C(=O)c2ccc(-c3ccccc3)cc2)n2cnc(-c3ccc(OC)cc3)cc12. The first kappa shape index (κ1) is 23.1. The standard InChI is InChI=1S/C30H24N2O4/c1-3-36-30(34)25-17-28(29(33)23-11-9-21(10-12-23)20-7-5-4-6-8-20)32-19-31-26(18-27(25)32)22-13-15-24(35-2)16-14-22/h4-19H,3H2,1-2H3. The summed E-state index contributed by atoms with van der Waals surface area (Å²) >= 11 is 0. The van der Waals surface area contributed by atoms with Crippen molar-refractivity contribution in [3.63, 3.8) is 0 Å². The zero-order valence-corrected chi connectivity index (χ0v) is 20.0. The Morgan fingerprint density at radius 2 is 1.50 bits per heavy atom. The van der Waals surface area contributed by atoms with Crippen LogP contribution in [-0.2, 0) is 4.74 Å². The number of hydrogen-bond acceptors (Lipinski definition) is 5. The van der Waals surface area contributed by atoms with Gasteiger partial charge in [0.25, 0.3) is 0 Å². The van der Waals surface area contributed by atoms with Gasteiger partial charge >= 0.3 is 5.97 Å². The minimum Gasteiger partial charge on any atom is -0.497 e. The van der Waals surface area contributed by atoms with Crippen LogP contribution in [0.3, 0.4) is 0 Å². The minimum atomic E-state index is -0.486. The van der Waals surface area contributed by atoms with E-state index in [0.717, 1.165) is 22.4 Å². The third kappa shape index (κ3) is 4.36. The van der Waals surface area contributed by atoms with E-state index in [1.54, 1.807) is 49.0 Å². The molecule has 0 fully saturated rings. The maximum Gasteiger partial charge on any atom is 0.340 e. The molecular weight excluding hydrogens is 452 g/mol. The minimum absolute atomic E-state index is 0.209. The number of ketones is 1. The summed E-state index contributed by atoms with van der Waals surface area (Å²) in [5, 5.41) is 0. The molecule has 0 atom stereocenters. The fourth-order valence-electron chi connectivity index (χ4n) is 4.16. The van der Waals surface area contributed by atoms with Crippen molar-refractivity contribution in [1.29, 1.82) is 0 Å². The summed E-state index contributed by atoms with van der Waals surface area (Å²) in [5.41, 5.74) is 5.35. The van der Waals surface area contributed by atoms with E-state index in [1.165, 1.54) is 0 Å². The molecule has 36 heavy (non-hydrogen) atoms. The zero-order chi connectivity index (χ0) is 25.1. The summed E-state index contributed by atoms with van der Waals surface area (Å²) in [5.74, 6) is 0.0420. The van der Waals surface area contributed by atoms with Gasteiger partial charge < -0.3 is 9.47 Å². The highest BCUT2D eigenvalue weighted by Crippen LogP contribution is 2.27. The van der Waals surface area contributed by atoms with Gasteiger partial charge in [-0.05, 0) is 54.4 Å². The number of ether oxygens (including phenoxy) is 2. The average molecular weight is 477 g/mol. The second kappa shape index (κ2) is 9.88. The van der Waals surface area contributed by atoms with Gasteiger partial charge in [-0.2, -0.15) is 0 Å². The van der Waals surface area contributed by atoms with Gasteiger partial charge in [0.15, 0.2) is 0 Å². The summed E-state index contributed by atoms with van der Waals surface area (Å²) in [6, 6.07) is 28.3. The van der Waals surface area contributed by atoms with Gasteiger partial charge in [0.2, 0.25) is 5.78 Å².